The Morgan fingerprint density at radius 1 is 0.842 bits per heavy atom. The van der Waals surface area contributed by atoms with Crippen LogP contribution in [0, 0.1) is 6.92 Å². The van der Waals surface area contributed by atoms with Gasteiger partial charge in [-0.2, -0.15) is 0 Å². The van der Waals surface area contributed by atoms with Crippen molar-refractivity contribution in [2.24, 2.45) is 0 Å². The largest absolute Gasteiger partial charge is 0.0590 e. The molecule has 0 aliphatic heterocycles. The van der Waals surface area contributed by atoms with Crippen molar-refractivity contribution in [3.05, 3.63) is 58.7 Å². The monoisotopic (exact) mass is 250 g/mol. The van der Waals surface area contributed by atoms with Crippen LogP contribution in [0.3, 0.4) is 0 Å². The van der Waals surface area contributed by atoms with E-state index in [0.717, 1.165) is 0 Å². The quantitative estimate of drug-likeness (QED) is 0.633. The number of benzene rings is 2. The minimum Gasteiger partial charge on any atom is -0.0590 e. The predicted molar refractivity (Wildman–Crippen MR) is 82.8 cm³/mol. The molecule has 0 spiro atoms. The second-order valence-electron chi connectivity index (χ2n) is 6.63. The summed E-state index contributed by atoms with van der Waals surface area (Å²) in [5.74, 6) is 0.585. The highest BCUT2D eigenvalue weighted by Crippen LogP contribution is 2.49. The zero-order valence-corrected chi connectivity index (χ0v) is 12.5. The van der Waals surface area contributed by atoms with Crippen LogP contribution in [-0.4, -0.2) is 0 Å². The molecule has 19 heavy (non-hydrogen) atoms. The Bertz CT molecular complexity index is 645. The lowest BCUT2D eigenvalue weighted by atomic mass is 9.82. The van der Waals surface area contributed by atoms with Gasteiger partial charge in [0.15, 0.2) is 0 Å². The number of hydrogen-bond donors (Lipinski definition) is 0. The number of aryl methyl sites for hydroxylation is 1. The standard InChI is InChI=1S/C19H22/c1-12(2)14-7-9-18-16(11-14)15-10-13(3)6-8-17(15)19(18,4)5/h6-12H,1-5H3. The van der Waals surface area contributed by atoms with Crippen molar-refractivity contribution in [3.8, 4) is 11.1 Å². The topological polar surface area (TPSA) is 0 Å². The van der Waals surface area contributed by atoms with Gasteiger partial charge in [0, 0.05) is 5.41 Å². The number of rotatable bonds is 1. The van der Waals surface area contributed by atoms with E-state index in [2.05, 4.69) is 71.0 Å². The molecular weight excluding hydrogens is 228 g/mol. The second-order valence-corrected chi connectivity index (χ2v) is 6.63. The van der Waals surface area contributed by atoms with E-state index < -0.39 is 0 Å². The van der Waals surface area contributed by atoms with Crippen LogP contribution in [0.25, 0.3) is 11.1 Å². The van der Waals surface area contributed by atoms with Crippen molar-refractivity contribution in [1.82, 2.24) is 0 Å². The number of fused-ring (bicyclic) bond motifs is 3. The summed E-state index contributed by atoms with van der Waals surface area (Å²) < 4.78 is 0. The van der Waals surface area contributed by atoms with Crippen molar-refractivity contribution in [1.29, 1.82) is 0 Å². The Kier molecular flexibility index (Phi) is 2.60. The van der Waals surface area contributed by atoms with Crippen molar-refractivity contribution in [2.45, 2.75) is 46.0 Å². The first-order valence-electron chi connectivity index (χ1n) is 7.17. The molecule has 0 aromatic heterocycles. The van der Waals surface area contributed by atoms with Crippen LogP contribution >= 0.6 is 0 Å². The third-order valence-corrected chi connectivity index (χ3v) is 4.52. The molecule has 0 N–H and O–H groups in total. The van der Waals surface area contributed by atoms with Gasteiger partial charge in [0.1, 0.15) is 0 Å². The van der Waals surface area contributed by atoms with Gasteiger partial charge in [-0.05, 0) is 40.7 Å². The van der Waals surface area contributed by atoms with Crippen molar-refractivity contribution < 1.29 is 0 Å². The molecular formula is C19H22. The highest BCUT2D eigenvalue weighted by atomic mass is 14.4. The molecule has 0 heterocycles. The molecule has 0 amide bonds. The fraction of sp³-hybridized carbons (Fsp3) is 0.368. The molecule has 0 unspecified atom stereocenters. The van der Waals surface area contributed by atoms with Gasteiger partial charge in [0.05, 0.1) is 0 Å². The molecule has 0 atom stereocenters. The highest BCUT2D eigenvalue weighted by Gasteiger charge is 2.35. The third-order valence-electron chi connectivity index (χ3n) is 4.52. The molecule has 0 heteroatoms. The van der Waals surface area contributed by atoms with Gasteiger partial charge >= 0.3 is 0 Å². The van der Waals surface area contributed by atoms with E-state index in [0.29, 0.717) is 5.92 Å². The molecule has 0 saturated heterocycles. The lowest BCUT2D eigenvalue weighted by Gasteiger charge is -2.21. The number of hydrogen-bond acceptors (Lipinski definition) is 0. The Hall–Kier alpha value is -1.56. The molecule has 0 saturated carbocycles. The maximum absolute atomic E-state index is 2.40. The van der Waals surface area contributed by atoms with E-state index in [9.17, 15) is 0 Å². The average Bonchev–Trinajstić information content (AvgIpc) is 2.58. The first-order chi connectivity index (χ1) is 8.91. The van der Waals surface area contributed by atoms with Crippen LogP contribution in [0.4, 0.5) is 0 Å². The normalized spacial score (nSPS) is 15.5. The molecule has 2 aromatic rings. The van der Waals surface area contributed by atoms with Crippen LogP contribution in [0.15, 0.2) is 36.4 Å². The van der Waals surface area contributed by atoms with E-state index in [1.807, 2.05) is 0 Å². The summed E-state index contributed by atoms with van der Waals surface area (Å²) in [6.07, 6.45) is 0. The van der Waals surface area contributed by atoms with Gasteiger partial charge < -0.3 is 0 Å². The van der Waals surface area contributed by atoms with E-state index in [-0.39, 0.29) is 5.41 Å². The minimum absolute atomic E-state index is 0.133. The summed E-state index contributed by atoms with van der Waals surface area (Å²) in [5.41, 5.74) is 8.72. The van der Waals surface area contributed by atoms with Gasteiger partial charge in [-0.1, -0.05) is 69.7 Å². The third kappa shape index (κ3) is 1.74. The smallest absolute Gasteiger partial charge is 0.0158 e. The van der Waals surface area contributed by atoms with Gasteiger partial charge in [-0.25, -0.2) is 0 Å². The molecule has 0 radical (unpaired) electrons. The first kappa shape index (κ1) is 12.5. The van der Waals surface area contributed by atoms with Gasteiger partial charge in [-0.15, -0.1) is 0 Å². The second kappa shape index (κ2) is 3.96. The maximum Gasteiger partial charge on any atom is 0.0158 e. The molecule has 0 nitrogen and oxygen atoms in total. The van der Waals surface area contributed by atoms with Crippen LogP contribution < -0.4 is 0 Å². The molecule has 1 aliphatic rings. The fourth-order valence-corrected chi connectivity index (χ4v) is 3.26. The highest BCUT2D eigenvalue weighted by molar-refractivity contribution is 5.81. The maximum atomic E-state index is 2.40. The molecule has 0 fully saturated rings. The van der Waals surface area contributed by atoms with Crippen LogP contribution in [-0.2, 0) is 5.41 Å². The van der Waals surface area contributed by atoms with Crippen molar-refractivity contribution in [3.63, 3.8) is 0 Å². The van der Waals surface area contributed by atoms with Gasteiger partial charge in [-0.3, -0.25) is 0 Å². The summed E-state index contributed by atoms with van der Waals surface area (Å²) in [4.78, 5) is 0. The molecule has 2 aromatic carbocycles. The first-order valence-corrected chi connectivity index (χ1v) is 7.17. The Morgan fingerprint density at radius 2 is 1.42 bits per heavy atom. The lowest BCUT2D eigenvalue weighted by molar-refractivity contribution is 0.659. The predicted octanol–water partition coefficient (Wildman–Crippen LogP) is 5.42. The van der Waals surface area contributed by atoms with Gasteiger partial charge in [0.2, 0.25) is 0 Å². The van der Waals surface area contributed by atoms with Crippen molar-refractivity contribution >= 4 is 0 Å². The molecule has 3 rings (SSSR count). The Morgan fingerprint density at radius 3 is 2.05 bits per heavy atom. The minimum atomic E-state index is 0.133. The van der Waals surface area contributed by atoms with Crippen LogP contribution in [0.2, 0.25) is 0 Å². The van der Waals surface area contributed by atoms with E-state index in [1.165, 1.54) is 33.4 Å². The summed E-state index contributed by atoms with van der Waals surface area (Å²) in [6, 6.07) is 13.9. The molecule has 98 valence electrons. The van der Waals surface area contributed by atoms with Crippen molar-refractivity contribution in [2.75, 3.05) is 0 Å². The van der Waals surface area contributed by atoms with Crippen LogP contribution in [0.5, 0.6) is 0 Å². The van der Waals surface area contributed by atoms with Gasteiger partial charge in [0.25, 0.3) is 0 Å². The SMILES string of the molecule is Cc1ccc2c(c1)-c1cc(C(C)C)ccc1C2(C)C. The zero-order chi connectivity index (χ0) is 13.8. The summed E-state index contributed by atoms with van der Waals surface area (Å²) in [5, 5.41) is 0. The molecule has 0 bridgehead atoms. The van der Waals surface area contributed by atoms with E-state index >= 15 is 0 Å². The molecule has 1 aliphatic carbocycles. The van der Waals surface area contributed by atoms with E-state index in [4.69, 9.17) is 0 Å². The Labute approximate surface area is 116 Å². The van der Waals surface area contributed by atoms with Crippen LogP contribution in [0.1, 0.15) is 55.9 Å². The summed E-state index contributed by atoms with van der Waals surface area (Å²) in [7, 11) is 0. The fourth-order valence-electron chi connectivity index (χ4n) is 3.26. The van der Waals surface area contributed by atoms with E-state index in [1.54, 1.807) is 0 Å². The summed E-state index contributed by atoms with van der Waals surface area (Å²) in [6.45, 7) is 11.4. The lowest BCUT2D eigenvalue weighted by Crippen LogP contribution is -2.14. The Balaban J connectivity index is 2.31. The average molecular weight is 250 g/mol. The summed E-state index contributed by atoms with van der Waals surface area (Å²) >= 11 is 0. The zero-order valence-electron chi connectivity index (χ0n) is 12.5.